The highest BCUT2D eigenvalue weighted by atomic mass is 32.1. The summed E-state index contributed by atoms with van der Waals surface area (Å²) in [5.74, 6) is -0.377. The minimum atomic E-state index is -0.433. The molecule has 0 N–H and O–H groups in total. The molecule has 120 valence electrons. The number of carbonyl (C=O) groups excluding carboxylic acids is 1. The fraction of sp³-hybridized carbons (Fsp3) is 0.0588. The number of benzene rings is 2. The van der Waals surface area contributed by atoms with Crippen LogP contribution in [0.5, 0.6) is 0 Å². The van der Waals surface area contributed by atoms with Crippen LogP contribution in [0.1, 0.15) is 20.9 Å². The highest BCUT2D eigenvalue weighted by Crippen LogP contribution is 2.27. The summed E-state index contributed by atoms with van der Waals surface area (Å²) in [5, 5.41) is 11.5. The van der Waals surface area contributed by atoms with Crippen LogP contribution in [-0.2, 0) is 4.74 Å². The van der Waals surface area contributed by atoms with Gasteiger partial charge in [0.05, 0.1) is 27.8 Å². The van der Waals surface area contributed by atoms with Crippen LogP contribution >= 0.6 is 11.3 Å². The Morgan fingerprint density at radius 3 is 2.62 bits per heavy atom. The number of nitro groups is 1. The zero-order chi connectivity index (χ0) is 17.1. The number of methoxy groups -OCH3 is 1. The molecule has 0 unspecified atom stereocenters. The van der Waals surface area contributed by atoms with Crippen molar-refractivity contribution in [3.63, 3.8) is 0 Å². The van der Waals surface area contributed by atoms with Crippen LogP contribution in [0.3, 0.4) is 0 Å². The lowest BCUT2D eigenvalue weighted by Crippen LogP contribution is -2.00. The van der Waals surface area contributed by atoms with E-state index in [1.807, 2.05) is 12.2 Å². The molecule has 0 aliphatic carbocycles. The lowest BCUT2D eigenvalue weighted by molar-refractivity contribution is -0.384. The van der Waals surface area contributed by atoms with Crippen molar-refractivity contribution < 1.29 is 14.5 Å². The molecule has 3 aromatic rings. The Kier molecular flexibility index (Phi) is 4.35. The van der Waals surface area contributed by atoms with Gasteiger partial charge in [-0.15, -0.1) is 11.3 Å². The maximum atomic E-state index is 11.4. The molecule has 0 fully saturated rings. The largest absolute Gasteiger partial charge is 0.465 e. The molecule has 0 bridgehead atoms. The number of non-ortho nitro benzene ring substituents is 1. The summed E-state index contributed by atoms with van der Waals surface area (Å²) >= 11 is 1.45. The van der Waals surface area contributed by atoms with Gasteiger partial charge in [-0.3, -0.25) is 10.1 Å². The number of hydrogen-bond donors (Lipinski definition) is 0. The lowest BCUT2D eigenvalue weighted by atomic mass is 10.1. The van der Waals surface area contributed by atoms with Crippen LogP contribution < -0.4 is 0 Å². The second-order valence-corrected chi connectivity index (χ2v) is 5.97. The minimum absolute atomic E-state index is 0.0294. The van der Waals surface area contributed by atoms with Crippen LogP contribution in [-0.4, -0.2) is 23.0 Å². The fourth-order valence-corrected chi connectivity index (χ4v) is 2.98. The average molecular weight is 340 g/mol. The first kappa shape index (κ1) is 15.8. The first-order valence-corrected chi connectivity index (χ1v) is 7.80. The van der Waals surface area contributed by atoms with E-state index in [9.17, 15) is 14.9 Å². The summed E-state index contributed by atoms with van der Waals surface area (Å²) in [5.41, 5.74) is 2.03. The number of carbonyl (C=O) groups is 1. The molecule has 0 amide bonds. The SMILES string of the molecule is COC(=O)c1ccc(C=Cc2nc3cc([N+](=O)[O-])ccc3s2)cc1. The summed E-state index contributed by atoms with van der Waals surface area (Å²) in [4.78, 5) is 26.1. The van der Waals surface area contributed by atoms with Crippen molar-refractivity contribution in [1.29, 1.82) is 0 Å². The van der Waals surface area contributed by atoms with Gasteiger partial charge < -0.3 is 4.74 Å². The number of thiazole rings is 1. The Labute approximate surface area is 141 Å². The summed E-state index contributed by atoms with van der Waals surface area (Å²) in [6.07, 6.45) is 3.71. The van der Waals surface area contributed by atoms with Gasteiger partial charge in [-0.05, 0) is 29.8 Å². The van der Waals surface area contributed by atoms with E-state index in [1.54, 1.807) is 30.3 Å². The molecule has 2 aromatic carbocycles. The van der Waals surface area contributed by atoms with Gasteiger partial charge in [0.25, 0.3) is 5.69 Å². The molecule has 0 aliphatic rings. The number of fused-ring (bicyclic) bond motifs is 1. The van der Waals surface area contributed by atoms with E-state index in [2.05, 4.69) is 9.72 Å². The second kappa shape index (κ2) is 6.59. The quantitative estimate of drug-likeness (QED) is 0.404. The van der Waals surface area contributed by atoms with E-state index >= 15 is 0 Å². The van der Waals surface area contributed by atoms with Crippen molar-refractivity contribution in [3.8, 4) is 0 Å². The maximum absolute atomic E-state index is 11.4. The third kappa shape index (κ3) is 3.31. The van der Waals surface area contributed by atoms with Crippen LogP contribution in [0.2, 0.25) is 0 Å². The number of hydrogen-bond acceptors (Lipinski definition) is 6. The molecular formula is C17H12N2O4S. The second-order valence-electron chi connectivity index (χ2n) is 4.91. The van der Waals surface area contributed by atoms with E-state index < -0.39 is 4.92 Å². The Hall–Kier alpha value is -3.06. The molecule has 0 saturated carbocycles. The topological polar surface area (TPSA) is 82.3 Å². The van der Waals surface area contributed by atoms with E-state index in [0.29, 0.717) is 11.1 Å². The molecule has 6 nitrogen and oxygen atoms in total. The van der Waals surface area contributed by atoms with Crippen LogP contribution in [0.15, 0.2) is 42.5 Å². The van der Waals surface area contributed by atoms with Crippen molar-refractivity contribution >= 4 is 45.4 Å². The summed E-state index contributed by atoms with van der Waals surface area (Å²) in [7, 11) is 1.34. The summed E-state index contributed by atoms with van der Waals surface area (Å²) in [6.45, 7) is 0. The fourth-order valence-electron chi connectivity index (χ4n) is 2.13. The first-order valence-electron chi connectivity index (χ1n) is 6.98. The van der Waals surface area contributed by atoms with Gasteiger partial charge in [0, 0.05) is 12.1 Å². The Morgan fingerprint density at radius 1 is 1.21 bits per heavy atom. The molecule has 0 atom stereocenters. The molecule has 24 heavy (non-hydrogen) atoms. The zero-order valence-corrected chi connectivity index (χ0v) is 13.4. The number of ether oxygens (including phenoxy) is 1. The number of nitrogens with zero attached hydrogens (tertiary/aromatic N) is 2. The molecule has 3 rings (SSSR count). The normalized spacial score (nSPS) is 11.0. The molecule has 1 aromatic heterocycles. The molecule has 0 saturated heterocycles. The van der Waals surface area contributed by atoms with Crippen molar-refractivity contribution in [2.75, 3.05) is 7.11 Å². The van der Waals surface area contributed by atoms with E-state index in [4.69, 9.17) is 0 Å². The summed E-state index contributed by atoms with van der Waals surface area (Å²) < 4.78 is 5.54. The standard InChI is InChI=1S/C17H12N2O4S/c1-23-17(20)12-5-2-11(3-6-12)4-9-16-18-14-10-13(19(21)22)7-8-15(14)24-16/h2-10H,1H3. The average Bonchev–Trinajstić information content (AvgIpc) is 3.01. The van der Waals surface area contributed by atoms with Crippen LogP contribution in [0, 0.1) is 10.1 Å². The third-order valence-electron chi connectivity index (χ3n) is 3.35. The maximum Gasteiger partial charge on any atom is 0.337 e. The molecule has 0 spiro atoms. The highest BCUT2D eigenvalue weighted by Gasteiger charge is 2.09. The van der Waals surface area contributed by atoms with E-state index in [-0.39, 0.29) is 11.7 Å². The zero-order valence-electron chi connectivity index (χ0n) is 12.6. The Balaban J connectivity index is 1.82. The number of rotatable bonds is 4. The van der Waals surface area contributed by atoms with Crippen molar-refractivity contribution in [2.45, 2.75) is 0 Å². The first-order chi connectivity index (χ1) is 11.6. The predicted molar refractivity (Wildman–Crippen MR) is 93.0 cm³/mol. The van der Waals surface area contributed by atoms with Gasteiger partial charge in [-0.25, -0.2) is 9.78 Å². The molecule has 0 radical (unpaired) electrons. The number of aromatic nitrogens is 1. The lowest BCUT2D eigenvalue weighted by Gasteiger charge is -1.98. The Morgan fingerprint density at radius 2 is 1.96 bits per heavy atom. The van der Waals surface area contributed by atoms with Gasteiger partial charge >= 0.3 is 5.97 Å². The van der Waals surface area contributed by atoms with Crippen molar-refractivity contribution in [1.82, 2.24) is 4.98 Å². The number of esters is 1. The minimum Gasteiger partial charge on any atom is -0.465 e. The van der Waals surface area contributed by atoms with Gasteiger partial charge in [0.2, 0.25) is 0 Å². The Bertz CT molecular complexity index is 945. The van der Waals surface area contributed by atoms with E-state index in [0.717, 1.165) is 15.3 Å². The van der Waals surface area contributed by atoms with Gasteiger partial charge in [0.15, 0.2) is 0 Å². The van der Waals surface area contributed by atoms with Crippen molar-refractivity contribution in [2.24, 2.45) is 0 Å². The monoisotopic (exact) mass is 340 g/mol. The van der Waals surface area contributed by atoms with E-state index in [1.165, 1.54) is 30.6 Å². The highest BCUT2D eigenvalue weighted by molar-refractivity contribution is 7.19. The van der Waals surface area contributed by atoms with Crippen molar-refractivity contribution in [3.05, 3.63) is 68.7 Å². The van der Waals surface area contributed by atoms with Gasteiger partial charge in [-0.1, -0.05) is 18.2 Å². The summed E-state index contributed by atoms with van der Waals surface area (Å²) in [6, 6.07) is 11.6. The van der Waals surface area contributed by atoms with Gasteiger partial charge in [0.1, 0.15) is 5.01 Å². The third-order valence-corrected chi connectivity index (χ3v) is 4.35. The molecular weight excluding hydrogens is 328 g/mol. The molecule has 0 aliphatic heterocycles. The smallest absolute Gasteiger partial charge is 0.337 e. The molecule has 7 heteroatoms. The number of nitro benzene ring substituents is 1. The predicted octanol–water partition coefficient (Wildman–Crippen LogP) is 4.16. The molecule has 1 heterocycles. The van der Waals surface area contributed by atoms with Crippen LogP contribution in [0.25, 0.3) is 22.4 Å². The van der Waals surface area contributed by atoms with Gasteiger partial charge in [-0.2, -0.15) is 0 Å². The van der Waals surface area contributed by atoms with Crippen LogP contribution in [0.4, 0.5) is 5.69 Å².